The standard InChI is InChI=1S/C16H15N5O2/c22-16(19-9-10-23-13-5-2-1-3-6-13)14-7-4-8-18-15(14)21-12-17-11-20-21/h1-8,11-12H,9-10H2,(H,19,22). The first-order chi connectivity index (χ1) is 11.3. The van der Waals surface area contributed by atoms with Gasteiger partial charge in [-0.25, -0.2) is 14.6 Å². The molecule has 0 aliphatic carbocycles. The van der Waals surface area contributed by atoms with Gasteiger partial charge in [-0.05, 0) is 24.3 Å². The van der Waals surface area contributed by atoms with Crippen molar-refractivity contribution in [2.45, 2.75) is 0 Å². The Hall–Kier alpha value is -3.22. The fourth-order valence-electron chi connectivity index (χ4n) is 2.02. The highest BCUT2D eigenvalue weighted by Gasteiger charge is 2.13. The van der Waals surface area contributed by atoms with E-state index in [1.807, 2.05) is 30.3 Å². The summed E-state index contributed by atoms with van der Waals surface area (Å²) in [6, 6.07) is 12.8. The molecule has 2 aromatic heterocycles. The Labute approximate surface area is 133 Å². The fourth-order valence-corrected chi connectivity index (χ4v) is 2.02. The lowest BCUT2D eigenvalue weighted by Gasteiger charge is -2.09. The number of nitrogens with one attached hydrogen (secondary N) is 1. The minimum Gasteiger partial charge on any atom is -0.492 e. The molecule has 0 aliphatic heterocycles. The smallest absolute Gasteiger partial charge is 0.255 e. The Morgan fingerprint density at radius 3 is 2.83 bits per heavy atom. The molecule has 3 aromatic rings. The number of carbonyl (C=O) groups excluding carboxylic acids is 1. The molecule has 0 saturated heterocycles. The van der Waals surface area contributed by atoms with Crippen LogP contribution in [0.1, 0.15) is 10.4 Å². The Bertz CT molecular complexity index is 759. The Morgan fingerprint density at radius 1 is 1.17 bits per heavy atom. The van der Waals surface area contributed by atoms with E-state index >= 15 is 0 Å². The lowest BCUT2D eigenvalue weighted by Crippen LogP contribution is -2.29. The summed E-state index contributed by atoms with van der Waals surface area (Å²) in [5.74, 6) is 0.971. The van der Waals surface area contributed by atoms with E-state index < -0.39 is 0 Å². The van der Waals surface area contributed by atoms with Crippen LogP contribution >= 0.6 is 0 Å². The Kier molecular flexibility index (Phi) is 4.58. The van der Waals surface area contributed by atoms with E-state index in [0.717, 1.165) is 5.75 Å². The normalized spacial score (nSPS) is 10.3. The van der Waals surface area contributed by atoms with Gasteiger partial charge in [-0.1, -0.05) is 18.2 Å². The van der Waals surface area contributed by atoms with Crippen molar-refractivity contribution in [1.29, 1.82) is 0 Å². The molecule has 0 fully saturated rings. The molecule has 0 unspecified atom stereocenters. The molecule has 2 heterocycles. The largest absolute Gasteiger partial charge is 0.492 e. The third-order valence-corrected chi connectivity index (χ3v) is 3.07. The molecule has 7 heteroatoms. The summed E-state index contributed by atoms with van der Waals surface area (Å²) in [6.07, 6.45) is 4.49. The maximum atomic E-state index is 12.3. The van der Waals surface area contributed by atoms with E-state index in [1.165, 1.54) is 17.3 Å². The Morgan fingerprint density at radius 2 is 2.04 bits per heavy atom. The molecule has 1 amide bonds. The van der Waals surface area contributed by atoms with Crippen molar-refractivity contribution in [3.8, 4) is 11.6 Å². The minimum atomic E-state index is -0.236. The van der Waals surface area contributed by atoms with E-state index in [4.69, 9.17) is 4.74 Å². The van der Waals surface area contributed by atoms with Crippen LogP contribution in [-0.4, -0.2) is 38.8 Å². The van der Waals surface area contributed by atoms with Crippen LogP contribution in [0.5, 0.6) is 5.75 Å². The van der Waals surface area contributed by atoms with Crippen molar-refractivity contribution >= 4 is 5.91 Å². The van der Waals surface area contributed by atoms with Crippen molar-refractivity contribution in [2.24, 2.45) is 0 Å². The van der Waals surface area contributed by atoms with Gasteiger partial charge in [0, 0.05) is 6.20 Å². The highest BCUT2D eigenvalue weighted by atomic mass is 16.5. The van der Waals surface area contributed by atoms with Gasteiger partial charge in [0.15, 0.2) is 5.82 Å². The summed E-state index contributed by atoms with van der Waals surface area (Å²) in [5, 5.41) is 6.81. The van der Waals surface area contributed by atoms with Crippen molar-refractivity contribution in [1.82, 2.24) is 25.1 Å². The summed E-state index contributed by atoms with van der Waals surface area (Å²) in [4.78, 5) is 20.4. The van der Waals surface area contributed by atoms with Crippen molar-refractivity contribution in [3.05, 3.63) is 66.9 Å². The molecule has 3 rings (SSSR count). The van der Waals surface area contributed by atoms with E-state index in [-0.39, 0.29) is 5.91 Å². The summed E-state index contributed by atoms with van der Waals surface area (Å²) in [7, 11) is 0. The first-order valence-electron chi connectivity index (χ1n) is 7.10. The predicted molar refractivity (Wildman–Crippen MR) is 83.4 cm³/mol. The number of ether oxygens (including phenoxy) is 1. The molecule has 0 spiro atoms. The summed E-state index contributed by atoms with van der Waals surface area (Å²) >= 11 is 0. The highest BCUT2D eigenvalue weighted by molar-refractivity contribution is 5.97. The zero-order valence-electron chi connectivity index (χ0n) is 12.3. The van der Waals surface area contributed by atoms with E-state index in [9.17, 15) is 4.79 Å². The molecule has 116 valence electrons. The summed E-state index contributed by atoms with van der Waals surface area (Å²) in [6.45, 7) is 0.772. The van der Waals surface area contributed by atoms with Crippen LogP contribution in [0.25, 0.3) is 5.82 Å². The molecule has 1 aromatic carbocycles. The number of rotatable bonds is 6. The van der Waals surface area contributed by atoms with Gasteiger partial charge in [-0.15, -0.1) is 0 Å². The molecule has 1 N–H and O–H groups in total. The Balaban J connectivity index is 1.59. The summed E-state index contributed by atoms with van der Waals surface area (Å²) < 4.78 is 6.99. The first-order valence-corrected chi connectivity index (χ1v) is 7.10. The zero-order chi connectivity index (χ0) is 15.9. The second kappa shape index (κ2) is 7.17. The number of benzene rings is 1. The third-order valence-electron chi connectivity index (χ3n) is 3.07. The quantitative estimate of drug-likeness (QED) is 0.697. The van der Waals surface area contributed by atoms with Crippen LogP contribution in [0.3, 0.4) is 0 Å². The predicted octanol–water partition coefficient (Wildman–Crippen LogP) is 1.47. The highest BCUT2D eigenvalue weighted by Crippen LogP contribution is 2.10. The topological polar surface area (TPSA) is 81.9 Å². The number of carbonyl (C=O) groups is 1. The lowest BCUT2D eigenvalue weighted by molar-refractivity contribution is 0.0946. The number of hydrogen-bond donors (Lipinski definition) is 1. The molecule has 0 atom stereocenters. The van der Waals surface area contributed by atoms with Crippen molar-refractivity contribution < 1.29 is 9.53 Å². The van der Waals surface area contributed by atoms with Gasteiger partial charge in [-0.3, -0.25) is 4.79 Å². The first kappa shape index (κ1) is 14.7. The van der Waals surface area contributed by atoms with Gasteiger partial charge in [0.25, 0.3) is 5.91 Å². The molecule has 0 bridgehead atoms. The van der Waals surface area contributed by atoms with Crippen LogP contribution in [0.15, 0.2) is 61.3 Å². The fraction of sp³-hybridized carbons (Fsp3) is 0.125. The molecule has 23 heavy (non-hydrogen) atoms. The van der Waals surface area contributed by atoms with Crippen LogP contribution in [0, 0.1) is 0 Å². The molecule has 7 nitrogen and oxygen atoms in total. The maximum absolute atomic E-state index is 12.3. The van der Waals surface area contributed by atoms with Gasteiger partial charge in [0.2, 0.25) is 0 Å². The van der Waals surface area contributed by atoms with Gasteiger partial charge < -0.3 is 10.1 Å². The second-order valence-electron chi connectivity index (χ2n) is 4.63. The molecular formula is C16H15N5O2. The van der Waals surface area contributed by atoms with Crippen LogP contribution in [0.2, 0.25) is 0 Å². The number of hydrogen-bond acceptors (Lipinski definition) is 5. The van der Waals surface area contributed by atoms with Gasteiger partial charge in [-0.2, -0.15) is 5.10 Å². The second-order valence-corrected chi connectivity index (χ2v) is 4.63. The molecule has 0 radical (unpaired) electrons. The van der Waals surface area contributed by atoms with Crippen LogP contribution in [-0.2, 0) is 0 Å². The number of amides is 1. The lowest BCUT2D eigenvalue weighted by atomic mass is 10.2. The van der Waals surface area contributed by atoms with Gasteiger partial charge >= 0.3 is 0 Å². The van der Waals surface area contributed by atoms with Crippen LogP contribution in [0.4, 0.5) is 0 Å². The average molecular weight is 309 g/mol. The number of aromatic nitrogens is 4. The van der Waals surface area contributed by atoms with E-state index in [0.29, 0.717) is 24.5 Å². The summed E-state index contributed by atoms with van der Waals surface area (Å²) in [5.41, 5.74) is 0.428. The molecule has 0 aliphatic rings. The number of para-hydroxylation sites is 1. The number of nitrogens with zero attached hydrogens (tertiary/aromatic N) is 4. The van der Waals surface area contributed by atoms with Crippen molar-refractivity contribution in [3.63, 3.8) is 0 Å². The third kappa shape index (κ3) is 3.70. The van der Waals surface area contributed by atoms with Crippen molar-refractivity contribution in [2.75, 3.05) is 13.2 Å². The zero-order valence-corrected chi connectivity index (χ0v) is 12.3. The SMILES string of the molecule is O=C(NCCOc1ccccc1)c1cccnc1-n1cncn1. The monoisotopic (exact) mass is 309 g/mol. The van der Waals surface area contributed by atoms with Crippen LogP contribution < -0.4 is 10.1 Å². The molecule has 0 saturated carbocycles. The number of pyridine rings is 1. The van der Waals surface area contributed by atoms with E-state index in [2.05, 4.69) is 20.4 Å². The minimum absolute atomic E-state index is 0.236. The molecular weight excluding hydrogens is 294 g/mol. The average Bonchev–Trinajstić information content (AvgIpc) is 3.14. The maximum Gasteiger partial charge on any atom is 0.255 e. The van der Waals surface area contributed by atoms with E-state index in [1.54, 1.807) is 18.3 Å². The van der Waals surface area contributed by atoms with Gasteiger partial charge in [0.1, 0.15) is 25.0 Å². The van der Waals surface area contributed by atoms with Gasteiger partial charge in [0.05, 0.1) is 12.1 Å².